The Balaban J connectivity index is 1.87. The SMILES string of the molecule is CCCCCOc1ccc(C(=O)Oc2ccc(OC(F)F)nc2)cc1. The van der Waals surface area contributed by atoms with Crippen molar-refractivity contribution < 1.29 is 27.8 Å². The van der Waals surface area contributed by atoms with Crippen LogP contribution in [0.5, 0.6) is 17.4 Å². The van der Waals surface area contributed by atoms with Gasteiger partial charge in [-0.05, 0) is 36.8 Å². The van der Waals surface area contributed by atoms with E-state index in [-0.39, 0.29) is 11.6 Å². The molecule has 1 aromatic heterocycles. The molecule has 0 unspecified atom stereocenters. The van der Waals surface area contributed by atoms with Crippen LogP contribution in [0.4, 0.5) is 8.78 Å². The summed E-state index contributed by atoms with van der Waals surface area (Å²) in [7, 11) is 0. The zero-order valence-corrected chi connectivity index (χ0v) is 13.8. The molecule has 0 aliphatic rings. The van der Waals surface area contributed by atoms with E-state index in [1.807, 2.05) is 0 Å². The van der Waals surface area contributed by atoms with Crippen LogP contribution >= 0.6 is 0 Å². The molecule has 0 atom stereocenters. The number of hydrogen-bond acceptors (Lipinski definition) is 5. The standard InChI is InChI=1S/C18H19F2NO4/c1-2-3-4-11-23-14-7-5-13(6-8-14)17(22)24-15-9-10-16(21-12-15)25-18(19)20/h5-10,12,18H,2-4,11H2,1H3. The van der Waals surface area contributed by atoms with Crippen molar-refractivity contribution in [3.8, 4) is 17.4 Å². The first-order valence-electron chi connectivity index (χ1n) is 7.94. The van der Waals surface area contributed by atoms with Crippen molar-refractivity contribution in [3.05, 3.63) is 48.2 Å². The van der Waals surface area contributed by atoms with Crippen molar-refractivity contribution in [2.45, 2.75) is 32.8 Å². The lowest BCUT2D eigenvalue weighted by Gasteiger charge is -2.08. The van der Waals surface area contributed by atoms with Gasteiger partial charge in [-0.3, -0.25) is 0 Å². The molecule has 0 radical (unpaired) electrons. The zero-order chi connectivity index (χ0) is 18.1. The van der Waals surface area contributed by atoms with Crippen LogP contribution in [-0.4, -0.2) is 24.2 Å². The number of halogens is 2. The van der Waals surface area contributed by atoms with Gasteiger partial charge in [-0.15, -0.1) is 0 Å². The van der Waals surface area contributed by atoms with E-state index in [2.05, 4.69) is 16.6 Å². The van der Waals surface area contributed by atoms with Gasteiger partial charge in [-0.2, -0.15) is 8.78 Å². The number of carbonyl (C=O) groups is 1. The normalized spacial score (nSPS) is 10.6. The Morgan fingerprint density at radius 3 is 2.40 bits per heavy atom. The van der Waals surface area contributed by atoms with E-state index in [0.717, 1.165) is 25.5 Å². The molecular weight excluding hydrogens is 332 g/mol. The summed E-state index contributed by atoms with van der Waals surface area (Å²) in [6, 6.07) is 9.11. The summed E-state index contributed by atoms with van der Waals surface area (Å²) in [6.45, 7) is -0.199. The maximum atomic E-state index is 12.0. The van der Waals surface area contributed by atoms with Gasteiger partial charge in [0.1, 0.15) is 11.5 Å². The van der Waals surface area contributed by atoms with Crippen molar-refractivity contribution in [2.24, 2.45) is 0 Å². The van der Waals surface area contributed by atoms with Gasteiger partial charge < -0.3 is 14.2 Å². The number of pyridine rings is 1. The topological polar surface area (TPSA) is 57.7 Å². The van der Waals surface area contributed by atoms with Crippen LogP contribution in [0.3, 0.4) is 0 Å². The van der Waals surface area contributed by atoms with Gasteiger partial charge in [-0.25, -0.2) is 9.78 Å². The zero-order valence-electron chi connectivity index (χ0n) is 13.8. The van der Waals surface area contributed by atoms with Crippen molar-refractivity contribution in [1.82, 2.24) is 4.98 Å². The Kier molecular flexibility index (Phi) is 7.13. The van der Waals surface area contributed by atoms with Crippen LogP contribution in [0.2, 0.25) is 0 Å². The smallest absolute Gasteiger partial charge is 0.388 e. The number of hydrogen-bond donors (Lipinski definition) is 0. The van der Waals surface area contributed by atoms with Gasteiger partial charge in [0.05, 0.1) is 18.4 Å². The quantitative estimate of drug-likeness (QED) is 0.493. The third-order valence-corrected chi connectivity index (χ3v) is 3.24. The summed E-state index contributed by atoms with van der Waals surface area (Å²) in [5.74, 6) is -0.0180. The predicted octanol–water partition coefficient (Wildman–Crippen LogP) is 4.47. The Hall–Kier alpha value is -2.70. The number of alkyl halides is 2. The van der Waals surface area contributed by atoms with Gasteiger partial charge in [0.2, 0.25) is 5.88 Å². The molecule has 0 aliphatic carbocycles. The number of aromatic nitrogens is 1. The van der Waals surface area contributed by atoms with Crippen molar-refractivity contribution in [2.75, 3.05) is 6.61 Å². The largest absolute Gasteiger partial charge is 0.494 e. The van der Waals surface area contributed by atoms with Crippen LogP contribution in [0.15, 0.2) is 42.6 Å². The third kappa shape index (κ3) is 6.37. The van der Waals surface area contributed by atoms with Crippen molar-refractivity contribution in [3.63, 3.8) is 0 Å². The lowest BCUT2D eigenvalue weighted by atomic mass is 10.2. The molecule has 2 aromatic rings. The highest BCUT2D eigenvalue weighted by Gasteiger charge is 2.10. The molecule has 134 valence electrons. The van der Waals surface area contributed by atoms with Gasteiger partial charge in [0.25, 0.3) is 0 Å². The average molecular weight is 351 g/mol. The maximum absolute atomic E-state index is 12.0. The summed E-state index contributed by atoms with van der Waals surface area (Å²) >= 11 is 0. The number of nitrogens with zero attached hydrogens (tertiary/aromatic N) is 1. The summed E-state index contributed by atoms with van der Waals surface area (Å²) in [5, 5.41) is 0. The summed E-state index contributed by atoms with van der Waals surface area (Å²) < 4.78 is 38.9. The van der Waals surface area contributed by atoms with E-state index in [1.165, 1.54) is 12.1 Å². The van der Waals surface area contributed by atoms with Crippen LogP contribution in [0, 0.1) is 0 Å². The Labute approximate surface area is 144 Å². The first kappa shape index (κ1) is 18.6. The lowest BCUT2D eigenvalue weighted by molar-refractivity contribution is -0.0529. The van der Waals surface area contributed by atoms with E-state index in [4.69, 9.17) is 9.47 Å². The fourth-order valence-corrected chi connectivity index (χ4v) is 1.98. The molecule has 1 aromatic carbocycles. The molecular formula is C18H19F2NO4. The van der Waals surface area contributed by atoms with E-state index >= 15 is 0 Å². The number of unbranched alkanes of at least 4 members (excludes halogenated alkanes) is 2. The van der Waals surface area contributed by atoms with Gasteiger partial charge in [-0.1, -0.05) is 19.8 Å². The van der Waals surface area contributed by atoms with Gasteiger partial charge in [0.15, 0.2) is 0 Å². The highest BCUT2D eigenvalue weighted by atomic mass is 19.3. The molecule has 0 N–H and O–H groups in total. The van der Waals surface area contributed by atoms with Crippen molar-refractivity contribution in [1.29, 1.82) is 0 Å². The number of carbonyl (C=O) groups excluding carboxylic acids is 1. The van der Waals surface area contributed by atoms with Crippen LogP contribution in [0.25, 0.3) is 0 Å². The van der Waals surface area contributed by atoms with E-state index in [9.17, 15) is 13.6 Å². The average Bonchev–Trinajstić information content (AvgIpc) is 2.60. The minimum absolute atomic E-state index is 0.131. The van der Waals surface area contributed by atoms with Crippen LogP contribution in [0.1, 0.15) is 36.5 Å². The molecule has 0 aliphatic heterocycles. The molecule has 0 bridgehead atoms. The molecule has 0 saturated carbocycles. The predicted molar refractivity (Wildman–Crippen MR) is 87.3 cm³/mol. The van der Waals surface area contributed by atoms with E-state index in [1.54, 1.807) is 24.3 Å². The van der Waals surface area contributed by atoms with Gasteiger partial charge in [0, 0.05) is 6.07 Å². The Morgan fingerprint density at radius 2 is 1.80 bits per heavy atom. The van der Waals surface area contributed by atoms with E-state index in [0.29, 0.717) is 17.9 Å². The number of rotatable bonds is 9. The first-order chi connectivity index (χ1) is 12.1. The molecule has 0 amide bonds. The highest BCUT2D eigenvalue weighted by Crippen LogP contribution is 2.18. The number of esters is 1. The minimum atomic E-state index is -2.95. The minimum Gasteiger partial charge on any atom is -0.494 e. The summed E-state index contributed by atoms with van der Waals surface area (Å²) in [5.41, 5.74) is 0.341. The van der Waals surface area contributed by atoms with E-state index < -0.39 is 12.6 Å². The highest BCUT2D eigenvalue weighted by molar-refractivity contribution is 5.91. The third-order valence-electron chi connectivity index (χ3n) is 3.24. The van der Waals surface area contributed by atoms with Gasteiger partial charge >= 0.3 is 12.6 Å². The second-order valence-corrected chi connectivity index (χ2v) is 5.18. The Bertz CT molecular complexity index is 660. The molecule has 7 heteroatoms. The second-order valence-electron chi connectivity index (χ2n) is 5.18. The molecule has 0 saturated heterocycles. The molecule has 5 nitrogen and oxygen atoms in total. The molecule has 0 spiro atoms. The molecule has 1 heterocycles. The van der Waals surface area contributed by atoms with Crippen molar-refractivity contribution >= 4 is 5.97 Å². The van der Waals surface area contributed by atoms with Crippen LogP contribution < -0.4 is 14.2 Å². The monoisotopic (exact) mass is 351 g/mol. The molecule has 2 rings (SSSR count). The fourth-order valence-electron chi connectivity index (χ4n) is 1.98. The summed E-state index contributed by atoms with van der Waals surface area (Å²) in [6.07, 6.45) is 4.36. The first-order valence-corrected chi connectivity index (χ1v) is 7.94. The van der Waals surface area contributed by atoms with Crippen LogP contribution in [-0.2, 0) is 0 Å². The number of benzene rings is 1. The summed E-state index contributed by atoms with van der Waals surface area (Å²) in [4.78, 5) is 15.7. The second kappa shape index (κ2) is 9.56. The lowest BCUT2D eigenvalue weighted by Crippen LogP contribution is -2.09. The fraction of sp³-hybridized carbons (Fsp3) is 0.333. The maximum Gasteiger partial charge on any atom is 0.388 e. The molecule has 25 heavy (non-hydrogen) atoms. The molecule has 0 fully saturated rings. The Morgan fingerprint density at radius 1 is 1.08 bits per heavy atom. The number of ether oxygens (including phenoxy) is 3.